The highest BCUT2D eigenvalue weighted by Gasteiger charge is 2.15. The molecule has 1 heterocycles. The summed E-state index contributed by atoms with van der Waals surface area (Å²) < 4.78 is 7.41. The molecule has 1 aliphatic rings. The molecular formula is C15H22N2O2S. The van der Waals surface area contributed by atoms with E-state index in [1.807, 2.05) is 13.8 Å². The van der Waals surface area contributed by atoms with Crippen molar-refractivity contribution in [2.75, 3.05) is 12.8 Å². The first kappa shape index (κ1) is 15.2. The third-order valence-corrected chi connectivity index (χ3v) is 4.11. The van der Waals surface area contributed by atoms with Gasteiger partial charge in [0.15, 0.2) is 0 Å². The maximum absolute atomic E-state index is 11.5. The summed E-state index contributed by atoms with van der Waals surface area (Å²) in [7, 11) is 0. The molecule has 0 bridgehead atoms. The van der Waals surface area contributed by atoms with Gasteiger partial charge in [0.05, 0.1) is 6.10 Å². The van der Waals surface area contributed by atoms with Crippen LogP contribution in [-0.4, -0.2) is 29.3 Å². The molecule has 0 unspecified atom stereocenters. The minimum Gasteiger partial charge on any atom is -0.447 e. The van der Waals surface area contributed by atoms with Crippen molar-refractivity contribution in [3.8, 4) is 0 Å². The number of rotatable bonds is 4. The van der Waals surface area contributed by atoms with Gasteiger partial charge < -0.3 is 10.1 Å². The van der Waals surface area contributed by atoms with Gasteiger partial charge in [-0.1, -0.05) is 30.1 Å². The number of hydrogen-bond acceptors (Lipinski definition) is 4. The number of nitrogens with one attached hydrogen (secondary N) is 1. The molecule has 5 heteroatoms. The van der Waals surface area contributed by atoms with Gasteiger partial charge in [-0.25, -0.2) is 9.10 Å². The SMILES string of the molecule is CSN1CCc2ccc(CNC(=O)OC(C)C)cc2C1. The van der Waals surface area contributed by atoms with Crippen molar-refractivity contribution in [1.29, 1.82) is 0 Å². The quantitative estimate of drug-likeness (QED) is 0.867. The zero-order valence-electron chi connectivity index (χ0n) is 12.3. The highest BCUT2D eigenvalue weighted by atomic mass is 32.2. The fourth-order valence-electron chi connectivity index (χ4n) is 2.28. The second-order valence-corrected chi connectivity index (χ2v) is 6.09. The molecule has 20 heavy (non-hydrogen) atoms. The van der Waals surface area contributed by atoms with Crippen molar-refractivity contribution in [2.24, 2.45) is 0 Å². The Kier molecular flexibility index (Phi) is 5.31. The van der Waals surface area contributed by atoms with Crippen molar-refractivity contribution in [3.63, 3.8) is 0 Å². The van der Waals surface area contributed by atoms with Crippen molar-refractivity contribution >= 4 is 18.0 Å². The van der Waals surface area contributed by atoms with Crippen molar-refractivity contribution in [3.05, 3.63) is 34.9 Å². The van der Waals surface area contributed by atoms with E-state index in [1.165, 1.54) is 11.1 Å². The second kappa shape index (κ2) is 6.99. The molecule has 1 N–H and O–H groups in total. The number of benzene rings is 1. The van der Waals surface area contributed by atoms with Crippen LogP contribution in [0.25, 0.3) is 0 Å². The number of fused-ring (bicyclic) bond motifs is 1. The molecule has 0 aliphatic carbocycles. The predicted octanol–water partition coefficient (Wildman–Crippen LogP) is 2.96. The van der Waals surface area contributed by atoms with E-state index in [1.54, 1.807) is 11.9 Å². The maximum Gasteiger partial charge on any atom is 0.407 e. The molecule has 0 spiro atoms. The number of hydrogen-bond donors (Lipinski definition) is 1. The molecule has 1 aromatic carbocycles. The number of amides is 1. The summed E-state index contributed by atoms with van der Waals surface area (Å²) >= 11 is 1.78. The number of alkyl carbamates (subject to hydrolysis) is 1. The maximum atomic E-state index is 11.5. The highest BCUT2D eigenvalue weighted by molar-refractivity contribution is 7.96. The molecule has 0 saturated heterocycles. The number of carbonyl (C=O) groups is 1. The van der Waals surface area contributed by atoms with Crippen LogP contribution in [0.15, 0.2) is 18.2 Å². The Morgan fingerprint density at radius 3 is 2.95 bits per heavy atom. The van der Waals surface area contributed by atoms with E-state index in [-0.39, 0.29) is 12.2 Å². The van der Waals surface area contributed by atoms with Crippen LogP contribution in [0.2, 0.25) is 0 Å². The van der Waals surface area contributed by atoms with Crippen LogP contribution in [-0.2, 0) is 24.2 Å². The second-order valence-electron chi connectivity index (χ2n) is 5.21. The van der Waals surface area contributed by atoms with Gasteiger partial charge in [0, 0.05) is 19.6 Å². The summed E-state index contributed by atoms with van der Waals surface area (Å²) in [6.45, 7) is 6.27. The molecule has 0 saturated carbocycles. The molecule has 1 aliphatic heterocycles. The first-order chi connectivity index (χ1) is 9.58. The molecule has 110 valence electrons. The molecule has 0 aromatic heterocycles. The minimum atomic E-state index is -0.358. The molecular weight excluding hydrogens is 272 g/mol. The zero-order valence-corrected chi connectivity index (χ0v) is 13.1. The fraction of sp³-hybridized carbons (Fsp3) is 0.533. The Morgan fingerprint density at radius 2 is 2.25 bits per heavy atom. The Hall–Kier alpha value is -1.20. The smallest absolute Gasteiger partial charge is 0.407 e. The van der Waals surface area contributed by atoms with Crippen LogP contribution in [0, 0.1) is 0 Å². The van der Waals surface area contributed by atoms with Gasteiger partial charge in [-0.05, 0) is 43.2 Å². The van der Waals surface area contributed by atoms with E-state index in [9.17, 15) is 4.79 Å². The van der Waals surface area contributed by atoms with E-state index in [0.717, 1.165) is 25.1 Å². The van der Waals surface area contributed by atoms with Gasteiger partial charge in [0.25, 0.3) is 0 Å². The van der Waals surface area contributed by atoms with Crippen LogP contribution in [0.4, 0.5) is 4.79 Å². The summed E-state index contributed by atoms with van der Waals surface area (Å²) in [5.74, 6) is 0. The van der Waals surface area contributed by atoms with E-state index >= 15 is 0 Å². The van der Waals surface area contributed by atoms with Crippen LogP contribution in [0.3, 0.4) is 0 Å². The van der Waals surface area contributed by atoms with Gasteiger partial charge in [-0.15, -0.1) is 0 Å². The average Bonchev–Trinajstić information content (AvgIpc) is 2.43. The first-order valence-electron chi connectivity index (χ1n) is 6.92. The minimum absolute atomic E-state index is 0.0892. The van der Waals surface area contributed by atoms with Gasteiger partial charge >= 0.3 is 6.09 Å². The summed E-state index contributed by atoms with van der Waals surface area (Å²) in [4.78, 5) is 11.5. The molecule has 1 aromatic rings. The van der Waals surface area contributed by atoms with Crippen molar-refractivity contribution < 1.29 is 9.53 Å². The van der Waals surface area contributed by atoms with Crippen LogP contribution >= 0.6 is 11.9 Å². The number of carbonyl (C=O) groups excluding carboxylic acids is 1. The molecule has 0 fully saturated rings. The molecule has 1 amide bonds. The Morgan fingerprint density at radius 1 is 1.45 bits per heavy atom. The number of ether oxygens (including phenoxy) is 1. The van der Waals surface area contributed by atoms with E-state index < -0.39 is 0 Å². The van der Waals surface area contributed by atoms with Gasteiger partial charge in [0.2, 0.25) is 0 Å². The summed E-state index contributed by atoms with van der Waals surface area (Å²) in [5, 5.41) is 2.78. The number of nitrogens with zero attached hydrogens (tertiary/aromatic N) is 1. The van der Waals surface area contributed by atoms with Crippen LogP contribution in [0.1, 0.15) is 30.5 Å². The Labute approximate surface area is 125 Å². The van der Waals surface area contributed by atoms with Crippen LogP contribution < -0.4 is 5.32 Å². The third-order valence-electron chi connectivity index (χ3n) is 3.29. The summed E-state index contributed by atoms with van der Waals surface area (Å²) in [6, 6.07) is 6.45. The van der Waals surface area contributed by atoms with Gasteiger partial charge in [-0.2, -0.15) is 0 Å². The van der Waals surface area contributed by atoms with E-state index in [2.05, 4.69) is 34.1 Å². The predicted molar refractivity (Wildman–Crippen MR) is 82.5 cm³/mol. The lowest BCUT2D eigenvalue weighted by molar-refractivity contribution is 0.115. The molecule has 0 radical (unpaired) electrons. The molecule has 0 atom stereocenters. The molecule has 4 nitrogen and oxygen atoms in total. The van der Waals surface area contributed by atoms with E-state index in [4.69, 9.17) is 4.74 Å². The van der Waals surface area contributed by atoms with Gasteiger partial charge in [-0.3, -0.25) is 0 Å². The third kappa shape index (κ3) is 4.15. The fourth-order valence-corrected chi connectivity index (χ4v) is 2.82. The van der Waals surface area contributed by atoms with Gasteiger partial charge in [0.1, 0.15) is 0 Å². The summed E-state index contributed by atoms with van der Waals surface area (Å²) in [5.41, 5.74) is 3.90. The zero-order chi connectivity index (χ0) is 14.5. The topological polar surface area (TPSA) is 41.6 Å². The normalized spacial score (nSPS) is 15.0. The monoisotopic (exact) mass is 294 g/mol. The van der Waals surface area contributed by atoms with Crippen molar-refractivity contribution in [2.45, 2.75) is 39.5 Å². The standard InChI is InChI=1S/C15H22N2O2S/c1-11(2)19-15(18)16-9-12-4-5-13-6-7-17(20-3)10-14(13)8-12/h4-5,8,11H,6-7,9-10H2,1-3H3,(H,16,18). The molecule has 2 rings (SSSR count). The largest absolute Gasteiger partial charge is 0.447 e. The Balaban J connectivity index is 1.95. The van der Waals surface area contributed by atoms with Crippen LogP contribution in [0.5, 0.6) is 0 Å². The lowest BCUT2D eigenvalue weighted by atomic mass is 9.98. The lowest BCUT2D eigenvalue weighted by Gasteiger charge is -2.26. The Bertz CT molecular complexity index is 477. The first-order valence-corrected chi connectivity index (χ1v) is 8.11. The van der Waals surface area contributed by atoms with E-state index in [0.29, 0.717) is 6.54 Å². The lowest BCUT2D eigenvalue weighted by Crippen LogP contribution is -2.27. The summed E-state index contributed by atoms with van der Waals surface area (Å²) in [6.07, 6.45) is 2.76. The highest BCUT2D eigenvalue weighted by Crippen LogP contribution is 2.23. The average molecular weight is 294 g/mol. The van der Waals surface area contributed by atoms with Crippen molar-refractivity contribution in [1.82, 2.24) is 9.62 Å².